The number of benzene rings is 1. The molecule has 1 aliphatic rings. The third kappa shape index (κ3) is 4.67. The molecule has 1 saturated heterocycles. The Morgan fingerprint density at radius 2 is 1.94 bits per heavy atom. The number of amides is 2. The molecule has 2 unspecified atom stereocenters. The Bertz CT molecular complexity index is 1070. The number of aromatic nitrogens is 3. The molecule has 0 bridgehead atoms. The van der Waals surface area contributed by atoms with E-state index in [1.54, 1.807) is 16.8 Å². The summed E-state index contributed by atoms with van der Waals surface area (Å²) in [4.78, 5) is 20.5. The molecule has 32 heavy (non-hydrogen) atoms. The molecule has 1 fully saturated rings. The number of anilines is 2. The molecular weight excluding hydrogens is 412 g/mol. The summed E-state index contributed by atoms with van der Waals surface area (Å²) in [6, 6.07) is 8.95. The number of aliphatic hydroxyl groups is 2. The van der Waals surface area contributed by atoms with Crippen LogP contribution in [0.15, 0.2) is 42.9 Å². The average Bonchev–Trinajstić information content (AvgIpc) is 3.32. The average molecular weight is 441 g/mol. The molecule has 1 aromatic carbocycles. The van der Waals surface area contributed by atoms with E-state index in [-0.39, 0.29) is 6.03 Å². The van der Waals surface area contributed by atoms with Gasteiger partial charge in [0, 0.05) is 18.4 Å². The number of imidazole rings is 1. The number of aliphatic hydroxyl groups excluding tert-OH is 2. The number of pyridine rings is 1. The normalized spacial score (nSPS) is 22.8. The summed E-state index contributed by atoms with van der Waals surface area (Å²) < 4.78 is 7.53. The van der Waals surface area contributed by atoms with Gasteiger partial charge in [-0.3, -0.25) is 4.57 Å². The predicted molar refractivity (Wildman–Crippen MR) is 120 cm³/mol. The zero-order valence-corrected chi connectivity index (χ0v) is 17.8. The number of hydrogen-bond acceptors (Lipinski definition) is 7. The van der Waals surface area contributed by atoms with Crippen molar-refractivity contribution < 1.29 is 19.7 Å². The second-order valence-electron chi connectivity index (χ2n) is 8.01. The number of rotatable bonds is 7. The fourth-order valence-electron chi connectivity index (χ4n) is 3.82. The Hall–Kier alpha value is -3.21. The number of unbranched alkanes of at least 4 members (excludes halogenated alkanes) is 1. The third-order valence-corrected chi connectivity index (χ3v) is 5.61. The molecule has 0 saturated carbocycles. The van der Waals surface area contributed by atoms with Crippen molar-refractivity contribution in [3.63, 3.8) is 0 Å². The van der Waals surface area contributed by atoms with Crippen molar-refractivity contribution >= 4 is 28.6 Å². The number of hydrogen-bond donors (Lipinski definition) is 5. The highest BCUT2D eigenvalue weighted by Crippen LogP contribution is 2.34. The van der Waals surface area contributed by atoms with Gasteiger partial charge in [0.05, 0.1) is 18.1 Å². The van der Waals surface area contributed by atoms with Crippen molar-refractivity contribution in [2.75, 3.05) is 17.6 Å². The second kappa shape index (κ2) is 9.51. The van der Waals surface area contributed by atoms with Crippen LogP contribution >= 0.6 is 0 Å². The number of urea groups is 1. The highest BCUT2D eigenvalue weighted by molar-refractivity contribution is 5.89. The van der Waals surface area contributed by atoms with Crippen LogP contribution in [0, 0.1) is 6.92 Å². The van der Waals surface area contributed by atoms with Crippen LogP contribution in [0.2, 0.25) is 0 Å². The Kier molecular flexibility index (Phi) is 6.54. The number of nitrogens with zero attached hydrogens (tertiary/aromatic N) is 3. The molecule has 3 heterocycles. The van der Waals surface area contributed by atoms with Gasteiger partial charge in [0.1, 0.15) is 17.7 Å². The Labute approximate surface area is 185 Å². The van der Waals surface area contributed by atoms with Crippen molar-refractivity contribution in [3.8, 4) is 0 Å². The number of carbonyl (C=O) groups is 1. The summed E-state index contributed by atoms with van der Waals surface area (Å²) in [7, 11) is 0. The highest BCUT2D eigenvalue weighted by Gasteiger charge is 2.43. The Morgan fingerprint density at radius 1 is 1.16 bits per heavy atom. The van der Waals surface area contributed by atoms with Crippen molar-refractivity contribution in [3.05, 3.63) is 48.4 Å². The summed E-state index contributed by atoms with van der Waals surface area (Å²) in [5.74, 6) is 0. The molecule has 4 atom stereocenters. The minimum absolute atomic E-state index is 0.264. The van der Waals surface area contributed by atoms with Crippen LogP contribution in [0.3, 0.4) is 0 Å². The molecule has 2 amide bonds. The number of carbonyl (C=O) groups excluding carboxylic acids is 1. The Morgan fingerprint density at radius 3 is 2.72 bits per heavy atom. The van der Waals surface area contributed by atoms with Gasteiger partial charge >= 0.3 is 6.03 Å². The molecule has 2 aromatic heterocycles. The molecule has 170 valence electrons. The number of aryl methyl sites for hydroxylation is 1. The van der Waals surface area contributed by atoms with E-state index in [4.69, 9.17) is 10.5 Å². The van der Waals surface area contributed by atoms with E-state index in [0.717, 1.165) is 11.3 Å². The van der Waals surface area contributed by atoms with Gasteiger partial charge in [-0.05, 0) is 44.4 Å². The van der Waals surface area contributed by atoms with Gasteiger partial charge in [-0.1, -0.05) is 17.7 Å². The third-order valence-electron chi connectivity index (χ3n) is 5.61. The molecule has 4 rings (SSSR count). The van der Waals surface area contributed by atoms with E-state index in [1.807, 2.05) is 31.2 Å². The molecule has 1 aliphatic heterocycles. The predicted octanol–water partition coefficient (Wildman–Crippen LogP) is 1.93. The number of nitrogens with two attached hydrogens (primary N) is 1. The molecular formula is C22H28N6O4. The number of nitrogens with one attached hydrogen (secondary N) is 2. The van der Waals surface area contributed by atoms with Gasteiger partial charge in [0.15, 0.2) is 11.9 Å². The lowest BCUT2D eigenvalue weighted by atomic mass is 10.0. The van der Waals surface area contributed by atoms with E-state index in [9.17, 15) is 15.0 Å². The molecule has 3 aromatic rings. The summed E-state index contributed by atoms with van der Waals surface area (Å²) in [5, 5.41) is 26.6. The van der Waals surface area contributed by atoms with Crippen LogP contribution in [0.4, 0.5) is 16.2 Å². The number of fused-ring (bicyclic) bond motifs is 1. The summed E-state index contributed by atoms with van der Waals surface area (Å²) >= 11 is 0. The summed E-state index contributed by atoms with van der Waals surface area (Å²) in [5.41, 5.74) is 9.28. The zero-order chi connectivity index (χ0) is 22.7. The lowest BCUT2D eigenvalue weighted by Crippen LogP contribution is -2.32. The van der Waals surface area contributed by atoms with Gasteiger partial charge in [0.2, 0.25) is 0 Å². The first-order valence-corrected chi connectivity index (χ1v) is 10.6. The van der Waals surface area contributed by atoms with Crippen LogP contribution in [0.5, 0.6) is 0 Å². The maximum atomic E-state index is 12.0. The number of nitrogen functional groups attached to an aromatic ring is 1. The molecule has 10 nitrogen and oxygen atoms in total. The first-order chi connectivity index (χ1) is 15.4. The van der Waals surface area contributed by atoms with Gasteiger partial charge in [0.25, 0.3) is 0 Å². The van der Waals surface area contributed by atoms with Gasteiger partial charge < -0.3 is 31.3 Å². The lowest BCUT2D eigenvalue weighted by Gasteiger charge is -2.16. The fraction of sp³-hybridized carbons (Fsp3) is 0.409. The summed E-state index contributed by atoms with van der Waals surface area (Å²) in [6.45, 7) is 2.47. The largest absolute Gasteiger partial charge is 0.397 e. The van der Waals surface area contributed by atoms with Crippen molar-refractivity contribution in [2.24, 2.45) is 0 Å². The second-order valence-corrected chi connectivity index (χ2v) is 8.01. The SMILES string of the molecule is Cc1ccc(NC(=O)NCCCC[C@H]2O[C@@H](n3cnc4c(N)ccnc43)C(O)C2O)cc1. The van der Waals surface area contributed by atoms with Crippen LogP contribution in [-0.4, -0.2) is 55.6 Å². The number of ether oxygens (including phenoxy) is 1. The van der Waals surface area contributed by atoms with E-state index in [1.165, 1.54) is 6.33 Å². The molecule has 10 heteroatoms. The van der Waals surface area contributed by atoms with Crippen molar-refractivity contribution in [1.29, 1.82) is 0 Å². The van der Waals surface area contributed by atoms with Crippen LogP contribution in [0.1, 0.15) is 31.1 Å². The monoisotopic (exact) mass is 440 g/mol. The fourth-order valence-corrected chi connectivity index (χ4v) is 3.82. The molecule has 0 aliphatic carbocycles. The zero-order valence-electron chi connectivity index (χ0n) is 17.8. The van der Waals surface area contributed by atoms with E-state index >= 15 is 0 Å². The van der Waals surface area contributed by atoms with E-state index < -0.39 is 24.5 Å². The van der Waals surface area contributed by atoms with Gasteiger partial charge in [-0.25, -0.2) is 14.8 Å². The lowest BCUT2D eigenvalue weighted by molar-refractivity contribution is -0.0374. The maximum Gasteiger partial charge on any atom is 0.319 e. The highest BCUT2D eigenvalue weighted by atomic mass is 16.6. The molecule has 0 radical (unpaired) electrons. The first kappa shape index (κ1) is 22.0. The smallest absolute Gasteiger partial charge is 0.319 e. The van der Waals surface area contributed by atoms with E-state index in [2.05, 4.69) is 20.6 Å². The van der Waals surface area contributed by atoms with Crippen LogP contribution in [-0.2, 0) is 4.74 Å². The topological polar surface area (TPSA) is 148 Å². The molecule has 0 spiro atoms. The van der Waals surface area contributed by atoms with Crippen LogP contribution < -0.4 is 16.4 Å². The summed E-state index contributed by atoms with van der Waals surface area (Å²) in [6.07, 6.45) is 1.56. The standard InChI is InChI=1S/C22H28N6O4/c1-13-5-7-14(8-6-13)27-22(31)25-10-3-2-4-16-18(29)19(30)21(32-16)28-12-26-17-15(23)9-11-24-20(17)28/h5-9,11-12,16,18-19,21,29-30H,2-4,10H2,1H3,(H2,23,24)(H2,25,27,31)/t16-,18?,19?,21-/m1/s1. The maximum absolute atomic E-state index is 12.0. The van der Waals surface area contributed by atoms with Gasteiger partial charge in [-0.2, -0.15) is 0 Å². The van der Waals surface area contributed by atoms with Crippen molar-refractivity contribution in [1.82, 2.24) is 19.9 Å². The van der Waals surface area contributed by atoms with Crippen molar-refractivity contribution in [2.45, 2.75) is 50.7 Å². The van der Waals surface area contributed by atoms with Crippen LogP contribution in [0.25, 0.3) is 11.2 Å². The minimum Gasteiger partial charge on any atom is -0.397 e. The Balaban J connectivity index is 1.24. The quantitative estimate of drug-likeness (QED) is 0.353. The molecule has 6 N–H and O–H groups in total. The minimum atomic E-state index is -1.11. The van der Waals surface area contributed by atoms with E-state index in [0.29, 0.717) is 42.7 Å². The first-order valence-electron chi connectivity index (χ1n) is 10.6. The van der Waals surface area contributed by atoms with Gasteiger partial charge in [-0.15, -0.1) is 0 Å².